The van der Waals surface area contributed by atoms with Crippen molar-refractivity contribution < 1.29 is 0 Å². The molecule has 1 atom stereocenters. The highest BCUT2D eigenvalue weighted by molar-refractivity contribution is 5.80. The largest absolute Gasteiger partial charge is 0.372 e. The molecule has 158 valence electrons. The summed E-state index contributed by atoms with van der Waals surface area (Å²) in [5, 5.41) is 3.51. The number of hydrogen-bond donors (Lipinski definition) is 1. The van der Waals surface area contributed by atoms with E-state index < -0.39 is 0 Å². The van der Waals surface area contributed by atoms with Crippen molar-refractivity contribution in [2.45, 2.75) is 45.7 Å². The number of benzene rings is 1. The third-order valence-corrected chi connectivity index (χ3v) is 6.66. The second kappa shape index (κ2) is 9.66. The molecule has 29 heavy (non-hydrogen) atoms. The van der Waals surface area contributed by atoms with Gasteiger partial charge in [-0.15, -0.1) is 0 Å². The van der Waals surface area contributed by atoms with E-state index in [0.717, 1.165) is 51.1 Å². The standard InChI is InChI=1S/C24H37N5/c1-3-25-24(29-17-12-23(19-29)27-13-4-5-14-27)26-18-21-6-8-22(9-7-21)28-15-10-20(2)11-16-28/h4-9,20,23H,3,10-19H2,1-2H3,(H,25,26). The molecule has 3 heterocycles. The zero-order valence-electron chi connectivity index (χ0n) is 18.2. The Morgan fingerprint density at radius 1 is 1.03 bits per heavy atom. The first-order valence-corrected chi connectivity index (χ1v) is 11.5. The van der Waals surface area contributed by atoms with Gasteiger partial charge in [-0.25, -0.2) is 4.99 Å². The first-order chi connectivity index (χ1) is 14.2. The lowest BCUT2D eigenvalue weighted by Crippen LogP contribution is -2.42. The van der Waals surface area contributed by atoms with E-state index in [4.69, 9.17) is 4.99 Å². The van der Waals surface area contributed by atoms with E-state index in [9.17, 15) is 0 Å². The van der Waals surface area contributed by atoms with Crippen LogP contribution >= 0.6 is 0 Å². The molecule has 2 fully saturated rings. The van der Waals surface area contributed by atoms with E-state index in [2.05, 4.69) is 70.3 Å². The maximum Gasteiger partial charge on any atom is 0.194 e. The summed E-state index contributed by atoms with van der Waals surface area (Å²) in [6, 6.07) is 9.71. The van der Waals surface area contributed by atoms with Crippen molar-refractivity contribution in [2.75, 3.05) is 50.7 Å². The van der Waals surface area contributed by atoms with E-state index in [1.165, 1.54) is 43.6 Å². The van der Waals surface area contributed by atoms with Gasteiger partial charge in [0.05, 0.1) is 6.54 Å². The van der Waals surface area contributed by atoms with Gasteiger partial charge in [0.15, 0.2) is 5.96 Å². The van der Waals surface area contributed by atoms with Crippen LogP contribution in [-0.4, -0.2) is 67.6 Å². The molecule has 2 saturated heterocycles. The molecule has 3 aliphatic heterocycles. The number of likely N-dealkylation sites (tertiary alicyclic amines) is 1. The molecule has 5 heteroatoms. The molecule has 1 N–H and O–H groups in total. The molecule has 4 rings (SSSR count). The minimum absolute atomic E-state index is 0.653. The summed E-state index contributed by atoms with van der Waals surface area (Å²) >= 11 is 0. The average molecular weight is 396 g/mol. The lowest BCUT2D eigenvalue weighted by Gasteiger charge is -2.32. The van der Waals surface area contributed by atoms with Gasteiger partial charge in [-0.3, -0.25) is 4.90 Å². The molecule has 5 nitrogen and oxygen atoms in total. The third-order valence-electron chi connectivity index (χ3n) is 6.66. The van der Waals surface area contributed by atoms with Crippen LogP contribution in [0.1, 0.15) is 38.7 Å². The quantitative estimate of drug-likeness (QED) is 0.471. The van der Waals surface area contributed by atoms with Gasteiger partial charge in [-0.2, -0.15) is 0 Å². The minimum atomic E-state index is 0.653. The Bertz CT molecular complexity index is 694. The van der Waals surface area contributed by atoms with Crippen LogP contribution in [0, 0.1) is 5.92 Å². The van der Waals surface area contributed by atoms with Crippen LogP contribution in [0.25, 0.3) is 0 Å². The van der Waals surface area contributed by atoms with Gasteiger partial charge in [-0.05, 0) is 49.8 Å². The van der Waals surface area contributed by atoms with E-state index >= 15 is 0 Å². The molecule has 1 aromatic carbocycles. The Hall–Kier alpha value is -2.01. The lowest BCUT2D eigenvalue weighted by molar-refractivity contribution is 0.259. The molecule has 0 amide bonds. The summed E-state index contributed by atoms with van der Waals surface area (Å²) in [6.45, 7) is 12.9. The first kappa shape index (κ1) is 20.3. The first-order valence-electron chi connectivity index (χ1n) is 11.5. The van der Waals surface area contributed by atoms with E-state index in [1.54, 1.807) is 0 Å². The van der Waals surface area contributed by atoms with Crippen LogP contribution in [0.3, 0.4) is 0 Å². The van der Waals surface area contributed by atoms with Gasteiger partial charge < -0.3 is 15.1 Å². The summed E-state index contributed by atoms with van der Waals surface area (Å²) < 4.78 is 0. The van der Waals surface area contributed by atoms with Crippen molar-refractivity contribution in [2.24, 2.45) is 10.9 Å². The van der Waals surface area contributed by atoms with Crippen LogP contribution in [0.15, 0.2) is 41.4 Å². The second-order valence-electron chi connectivity index (χ2n) is 8.82. The van der Waals surface area contributed by atoms with E-state index in [1.807, 2.05) is 0 Å². The normalized spacial score (nSPS) is 23.9. The van der Waals surface area contributed by atoms with Gasteiger partial charge in [0.2, 0.25) is 0 Å². The minimum Gasteiger partial charge on any atom is -0.372 e. The average Bonchev–Trinajstić information content (AvgIpc) is 3.44. The lowest BCUT2D eigenvalue weighted by atomic mass is 9.99. The van der Waals surface area contributed by atoms with Crippen LogP contribution in [-0.2, 0) is 6.54 Å². The number of rotatable bonds is 5. The molecule has 0 bridgehead atoms. The van der Waals surface area contributed by atoms with Gasteiger partial charge >= 0.3 is 0 Å². The topological polar surface area (TPSA) is 34.1 Å². The predicted octanol–water partition coefficient (Wildman–Crippen LogP) is 3.33. The van der Waals surface area contributed by atoms with Crippen LogP contribution < -0.4 is 10.2 Å². The Kier molecular flexibility index (Phi) is 6.75. The fourth-order valence-electron chi connectivity index (χ4n) is 4.70. The number of aliphatic imine (C=N–C) groups is 1. The number of nitrogens with zero attached hydrogens (tertiary/aromatic N) is 4. The van der Waals surface area contributed by atoms with Crippen LogP contribution in [0.2, 0.25) is 0 Å². The van der Waals surface area contributed by atoms with Crippen molar-refractivity contribution in [1.29, 1.82) is 0 Å². The van der Waals surface area contributed by atoms with Crippen LogP contribution in [0.4, 0.5) is 5.69 Å². The predicted molar refractivity (Wildman–Crippen MR) is 123 cm³/mol. The monoisotopic (exact) mass is 395 g/mol. The fraction of sp³-hybridized carbons (Fsp3) is 0.625. The molecule has 1 aromatic rings. The summed E-state index contributed by atoms with van der Waals surface area (Å²) in [5.41, 5.74) is 2.65. The SMILES string of the molecule is CCNC(=NCc1ccc(N2CCC(C)CC2)cc1)N1CCC(N2CC=CC2)C1. The van der Waals surface area contributed by atoms with Gasteiger partial charge in [0.25, 0.3) is 0 Å². The van der Waals surface area contributed by atoms with Gasteiger partial charge in [0.1, 0.15) is 0 Å². The number of hydrogen-bond acceptors (Lipinski definition) is 3. The fourth-order valence-corrected chi connectivity index (χ4v) is 4.70. The van der Waals surface area contributed by atoms with Crippen molar-refractivity contribution in [3.63, 3.8) is 0 Å². The maximum atomic E-state index is 4.96. The highest BCUT2D eigenvalue weighted by Crippen LogP contribution is 2.23. The van der Waals surface area contributed by atoms with Crippen molar-refractivity contribution in [1.82, 2.24) is 15.1 Å². The van der Waals surface area contributed by atoms with Gasteiger partial charge in [-0.1, -0.05) is 31.2 Å². The summed E-state index contributed by atoms with van der Waals surface area (Å²) in [7, 11) is 0. The Balaban J connectivity index is 1.34. The van der Waals surface area contributed by atoms with Crippen molar-refractivity contribution >= 4 is 11.6 Å². The van der Waals surface area contributed by atoms with E-state index in [-0.39, 0.29) is 0 Å². The molecule has 0 aliphatic carbocycles. The molecule has 0 saturated carbocycles. The smallest absolute Gasteiger partial charge is 0.194 e. The maximum absolute atomic E-state index is 4.96. The zero-order chi connectivity index (χ0) is 20.1. The van der Waals surface area contributed by atoms with Gasteiger partial charge in [0, 0.05) is 57.5 Å². The molecule has 0 spiro atoms. The van der Waals surface area contributed by atoms with Crippen molar-refractivity contribution in [3.05, 3.63) is 42.0 Å². The Labute approximate surface area is 176 Å². The second-order valence-corrected chi connectivity index (χ2v) is 8.82. The zero-order valence-corrected chi connectivity index (χ0v) is 18.2. The highest BCUT2D eigenvalue weighted by Gasteiger charge is 2.29. The molecule has 3 aliphatic rings. The van der Waals surface area contributed by atoms with Crippen LogP contribution in [0.5, 0.6) is 0 Å². The molecule has 0 radical (unpaired) electrons. The number of nitrogens with one attached hydrogen (secondary N) is 1. The number of piperidine rings is 1. The van der Waals surface area contributed by atoms with E-state index in [0.29, 0.717) is 6.04 Å². The summed E-state index contributed by atoms with van der Waals surface area (Å²) in [5.74, 6) is 1.94. The number of guanidine groups is 1. The Morgan fingerprint density at radius 3 is 2.45 bits per heavy atom. The molecule has 1 unspecified atom stereocenters. The summed E-state index contributed by atoms with van der Waals surface area (Å²) in [4.78, 5) is 12.5. The number of anilines is 1. The third kappa shape index (κ3) is 5.13. The molecular weight excluding hydrogens is 358 g/mol. The van der Waals surface area contributed by atoms with Crippen molar-refractivity contribution in [3.8, 4) is 0 Å². The molecular formula is C24H37N5. The highest BCUT2D eigenvalue weighted by atomic mass is 15.3. The Morgan fingerprint density at radius 2 is 1.76 bits per heavy atom. The summed E-state index contributed by atoms with van der Waals surface area (Å²) in [6.07, 6.45) is 8.42. The molecule has 0 aromatic heterocycles.